The van der Waals surface area contributed by atoms with Crippen LogP contribution >= 0.6 is 26.9 Å². The van der Waals surface area contributed by atoms with Crippen LogP contribution in [-0.2, 0) is 9.05 Å². The molecule has 0 N–H and O–H groups in total. The predicted octanol–water partition coefficient (Wildman–Crippen LogP) is 7.54. The minimum atomic E-state index is 0.0308. The summed E-state index contributed by atoms with van der Waals surface area (Å²) in [5.74, 6) is 6.55. The molecule has 0 fully saturated rings. The normalized spacial score (nSPS) is 14.5. The fourth-order valence-electron chi connectivity index (χ4n) is 2.42. The molecule has 5 atom stereocenters. The molecule has 2 nitrogen and oxygen atoms in total. The summed E-state index contributed by atoms with van der Waals surface area (Å²) < 4.78 is 11.2. The molecule has 5 heteroatoms. The van der Waals surface area contributed by atoms with E-state index in [1.807, 2.05) is 0 Å². The molecular weight excluding hydrogens is 389 g/mol. The van der Waals surface area contributed by atoms with Gasteiger partial charge in [-0.05, 0) is 44.9 Å². The molecule has 0 radical (unpaired) electrons. The van der Waals surface area contributed by atoms with Crippen LogP contribution in [-0.4, -0.2) is 12.2 Å². The molecule has 27 heavy (non-hydrogen) atoms. The van der Waals surface area contributed by atoms with E-state index in [4.69, 9.17) is 9.05 Å². The zero-order chi connectivity index (χ0) is 20.0. The first-order chi connectivity index (χ1) is 13.3. The van der Waals surface area contributed by atoms with Crippen LogP contribution in [0.15, 0.2) is 36.5 Å². The lowest BCUT2D eigenvalue weighted by atomic mass is 10.1. The van der Waals surface area contributed by atoms with Gasteiger partial charge in [-0.3, -0.25) is 0 Å². The predicted molar refractivity (Wildman–Crippen MR) is 130 cm³/mol. The molecule has 0 aromatic heterocycles. The first kappa shape index (κ1) is 27.0. The fraction of sp³-hybridized carbons (Fsp3) is 0.636. The van der Waals surface area contributed by atoms with Crippen molar-refractivity contribution in [3.63, 3.8) is 0 Å². The molecular formula is C22H39O2P3. The highest BCUT2D eigenvalue weighted by Gasteiger charge is 2.04. The van der Waals surface area contributed by atoms with Crippen molar-refractivity contribution in [1.29, 1.82) is 0 Å². The zero-order valence-electron chi connectivity index (χ0n) is 17.2. The SMILES string of the molecule is CC/C=C\CC(C#CCCCCC(C/C=C\C/C=C\CCC)OP)OPP. The Bertz CT molecular complexity index is 464. The van der Waals surface area contributed by atoms with Gasteiger partial charge in [0.2, 0.25) is 0 Å². The standard InChI is InChI=1S/C22H39O2P3/c1-3-5-7-8-9-10-14-17-21(23-25)18-15-11-12-16-20-22(24-27-26)19-13-6-4-2/h6-8,10,13-14,21-22,27H,3-5,9,11-12,15,17-19,25-26H2,1-2H3/b8-7-,13-6-,14-10-. The molecule has 0 spiro atoms. The van der Waals surface area contributed by atoms with E-state index in [0.29, 0.717) is 8.50 Å². The van der Waals surface area contributed by atoms with Crippen molar-refractivity contribution >= 4 is 26.9 Å². The van der Waals surface area contributed by atoms with Gasteiger partial charge in [-0.2, -0.15) is 0 Å². The molecule has 0 aliphatic heterocycles. The van der Waals surface area contributed by atoms with E-state index >= 15 is 0 Å². The summed E-state index contributed by atoms with van der Waals surface area (Å²) in [6, 6.07) is 0. The van der Waals surface area contributed by atoms with Crippen LogP contribution < -0.4 is 0 Å². The second-order valence-corrected chi connectivity index (χ2v) is 7.82. The van der Waals surface area contributed by atoms with E-state index < -0.39 is 0 Å². The van der Waals surface area contributed by atoms with E-state index in [2.05, 4.69) is 80.5 Å². The van der Waals surface area contributed by atoms with Crippen molar-refractivity contribution in [2.45, 2.75) is 90.3 Å². The third-order valence-corrected chi connectivity index (χ3v) is 5.17. The van der Waals surface area contributed by atoms with Gasteiger partial charge < -0.3 is 9.05 Å². The van der Waals surface area contributed by atoms with Crippen molar-refractivity contribution in [1.82, 2.24) is 0 Å². The van der Waals surface area contributed by atoms with Crippen LogP contribution in [0.25, 0.3) is 0 Å². The lowest BCUT2D eigenvalue weighted by molar-refractivity contribution is 0.225. The minimum absolute atomic E-state index is 0.0308. The number of allylic oxidation sites excluding steroid dienone is 4. The van der Waals surface area contributed by atoms with Crippen molar-refractivity contribution < 1.29 is 9.05 Å². The molecule has 0 rings (SSSR count). The number of unbranched alkanes of at least 4 members (excludes halogenated alkanes) is 3. The van der Waals surface area contributed by atoms with E-state index in [9.17, 15) is 0 Å². The largest absolute Gasteiger partial charge is 0.362 e. The zero-order valence-corrected chi connectivity index (χ0v) is 20.5. The van der Waals surface area contributed by atoms with Crippen LogP contribution in [0, 0.1) is 11.8 Å². The Hall–Kier alpha value is -0.01000. The summed E-state index contributed by atoms with van der Waals surface area (Å²) >= 11 is 0. The summed E-state index contributed by atoms with van der Waals surface area (Å²) in [5, 5.41) is 0. The van der Waals surface area contributed by atoms with E-state index in [1.165, 1.54) is 12.8 Å². The maximum atomic E-state index is 5.67. The summed E-state index contributed by atoms with van der Waals surface area (Å²) in [5.41, 5.74) is 0. The Morgan fingerprint density at radius 1 is 1.00 bits per heavy atom. The van der Waals surface area contributed by atoms with Crippen molar-refractivity contribution in [3.05, 3.63) is 36.5 Å². The molecule has 0 amide bonds. The van der Waals surface area contributed by atoms with Crippen molar-refractivity contribution in [2.75, 3.05) is 0 Å². The fourth-order valence-corrected chi connectivity index (χ4v) is 3.48. The van der Waals surface area contributed by atoms with Crippen LogP contribution in [0.4, 0.5) is 0 Å². The Balaban J connectivity index is 3.95. The first-order valence-corrected chi connectivity index (χ1v) is 13.4. The maximum Gasteiger partial charge on any atom is 0.125 e. The summed E-state index contributed by atoms with van der Waals surface area (Å²) in [7, 11) is 5.45. The Morgan fingerprint density at radius 2 is 1.78 bits per heavy atom. The van der Waals surface area contributed by atoms with Gasteiger partial charge in [-0.1, -0.05) is 71.6 Å². The smallest absolute Gasteiger partial charge is 0.125 e. The second-order valence-electron chi connectivity index (χ2n) is 6.37. The molecule has 154 valence electrons. The molecule has 0 heterocycles. The highest BCUT2D eigenvalue weighted by molar-refractivity contribution is 8.00. The monoisotopic (exact) mass is 428 g/mol. The molecule has 0 saturated heterocycles. The maximum absolute atomic E-state index is 5.67. The molecule has 0 aliphatic rings. The highest BCUT2D eigenvalue weighted by atomic mass is 32.0. The summed E-state index contributed by atoms with van der Waals surface area (Å²) in [6.07, 6.45) is 24.2. The number of rotatable bonds is 16. The Labute approximate surface area is 174 Å². The minimum Gasteiger partial charge on any atom is -0.362 e. The molecule has 0 saturated carbocycles. The third-order valence-electron chi connectivity index (χ3n) is 3.96. The van der Waals surface area contributed by atoms with Gasteiger partial charge >= 0.3 is 0 Å². The number of hydrogen-bond acceptors (Lipinski definition) is 2. The average molecular weight is 428 g/mol. The summed E-state index contributed by atoms with van der Waals surface area (Å²) in [6.45, 7) is 4.34. The first-order valence-electron chi connectivity index (χ1n) is 10.2. The quantitative estimate of drug-likeness (QED) is 0.109. The van der Waals surface area contributed by atoms with Gasteiger partial charge in [0, 0.05) is 30.8 Å². The Morgan fingerprint density at radius 3 is 2.48 bits per heavy atom. The van der Waals surface area contributed by atoms with Crippen LogP contribution in [0.1, 0.15) is 78.1 Å². The van der Waals surface area contributed by atoms with Crippen LogP contribution in [0.2, 0.25) is 0 Å². The van der Waals surface area contributed by atoms with Gasteiger partial charge in [0.15, 0.2) is 0 Å². The van der Waals surface area contributed by atoms with E-state index in [0.717, 1.165) is 51.4 Å². The average Bonchev–Trinajstić information content (AvgIpc) is 2.68. The lowest BCUT2D eigenvalue weighted by Crippen LogP contribution is -2.05. The van der Waals surface area contributed by atoms with Gasteiger partial charge in [0.25, 0.3) is 0 Å². The molecule has 0 aromatic rings. The van der Waals surface area contributed by atoms with Crippen molar-refractivity contribution in [3.8, 4) is 11.8 Å². The van der Waals surface area contributed by atoms with Gasteiger partial charge in [0.05, 0.1) is 6.10 Å². The highest BCUT2D eigenvalue weighted by Crippen LogP contribution is 2.24. The molecule has 0 bridgehead atoms. The molecule has 0 aromatic carbocycles. The van der Waals surface area contributed by atoms with Gasteiger partial charge in [-0.25, -0.2) is 0 Å². The van der Waals surface area contributed by atoms with Gasteiger partial charge in [-0.15, -0.1) is 5.92 Å². The van der Waals surface area contributed by atoms with Gasteiger partial charge in [0.1, 0.15) is 6.10 Å². The Kier molecular flexibility index (Phi) is 22.3. The topological polar surface area (TPSA) is 18.5 Å². The lowest BCUT2D eigenvalue weighted by Gasteiger charge is -2.12. The number of hydrogen-bond donors (Lipinski definition) is 0. The van der Waals surface area contributed by atoms with Crippen LogP contribution in [0.3, 0.4) is 0 Å². The molecule has 5 unspecified atom stereocenters. The third kappa shape index (κ3) is 19.1. The molecule has 0 aliphatic carbocycles. The summed E-state index contributed by atoms with van der Waals surface area (Å²) in [4.78, 5) is 0. The van der Waals surface area contributed by atoms with Crippen molar-refractivity contribution in [2.24, 2.45) is 0 Å². The van der Waals surface area contributed by atoms with E-state index in [1.54, 1.807) is 0 Å². The van der Waals surface area contributed by atoms with Crippen LogP contribution in [0.5, 0.6) is 0 Å². The van der Waals surface area contributed by atoms with E-state index in [-0.39, 0.29) is 12.2 Å². The second kappa shape index (κ2) is 22.3.